The molecule has 0 fully saturated rings. The van der Waals surface area contributed by atoms with Gasteiger partial charge in [-0.3, -0.25) is 0 Å². The fourth-order valence-electron chi connectivity index (χ4n) is 2.70. The third-order valence-corrected chi connectivity index (χ3v) is 4.10. The third kappa shape index (κ3) is 3.10. The van der Waals surface area contributed by atoms with Gasteiger partial charge in [0.25, 0.3) is 0 Å². The molecule has 3 aromatic rings. The van der Waals surface area contributed by atoms with Crippen LogP contribution in [0.25, 0.3) is 22.3 Å². The van der Waals surface area contributed by atoms with Crippen LogP contribution in [-0.2, 0) is 0 Å². The van der Waals surface area contributed by atoms with Crippen molar-refractivity contribution in [2.45, 2.75) is 0 Å². The van der Waals surface area contributed by atoms with Crippen LogP contribution in [0.2, 0.25) is 0 Å². The largest absolute Gasteiger partial charge is 0.204 e. The first-order valence-corrected chi connectivity index (χ1v) is 7.53. The Kier molecular flexibility index (Phi) is 5.40. The van der Waals surface area contributed by atoms with Gasteiger partial charge in [-0.05, 0) is 6.07 Å². The second-order valence-electron chi connectivity index (χ2n) is 5.80. The van der Waals surface area contributed by atoms with Crippen LogP contribution < -0.4 is 0 Å². The highest BCUT2D eigenvalue weighted by molar-refractivity contribution is 5.85. The molecule has 0 saturated heterocycles. The molecule has 3 aromatic carbocycles. The monoisotopic (exact) mass is 464 g/mol. The Morgan fingerprint density at radius 3 is 0.968 bits per heavy atom. The van der Waals surface area contributed by atoms with Gasteiger partial charge >= 0.3 is 0 Å². The van der Waals surface area contributed by atoms with Crippen LogP contribution in [0, 0.1) is 75.6 Å². The van der Waals surface area contributed by atoms with Gasteiger partial charge in [-0.15, -0.1) is 0 Å². The van der Waals surface area contributed by atoms with Gasteiger partial charge in [0, 0.05) is 11.1 Å². The summed E-state index contributed by atoms with van der Waals surface area (Å²) in [5, 5.41) is 0. The molecule has 0 nitrogen and oxygen atoms in total. The van der Waals surface area contributed by atoms with E-state index in [2.05, 4.69) is 0 Å². The number of hydrogen-bond donors (Lipinski definition) is 0. The minimum Gasteiger partial charge on any atom is -0.204 e. The van der Waals surface area contributed by atoms with E-state index in [0.29, 0.717) is 0 Å². The van der Waals surface area contributed by atoms with Gasteiger partial charge in [0.15, 0.2) is 64.0 Å². The molecule has 0 aliphatic carbocycles. The maximum Gasteiger partial charge on any atom is 0.200 e. The molecule has 13 heteroatoms. The topological polar surface area (TPSA) is 0 Å². The summed E-state index contributed by atoms with van der Waals surface area (Å²) < 4.78 is 179. The van der Waals surface area contributed by atoms with Crippen LogP contribution in [0.1, 0.15) is 0 Å². The number of benzene rings is 3. The molecule has 0 spiro atoms. The molecule has 0 heterocycles. The van der Waals surface area contributed by atoms with E-state index in [1.807, 2.05) is 0 Å². The summed E-state index contributed by atoms with van der Waals surface area (Å²) in [5.41, 5.74) is -8.66. The second-order valence-corrected chi connectivity index (χ2v) is 5.80. The lowest BCUT2D eigenvalue weighted by atomic mass is 9.91. The Hall–Kier alpha value is -3.25. The zero-order valence-corrected chi connectivity index (χ0v) is 14.0. The van der Waals surface area contributed by atoms with Crippen molar-refractivity contribution >= 4 is 0 Å². The number of hydrogen-bond acceptors (Lipinski definition) is 0. The number of halogens is 13. The molecule has 0 radical (unpaired) electrons. The number of rotatable bonds is 2. The van der Waals surface area contributed by atoms with E-state index in [0.717, 1.165) is 0 Å². The molecule has 3 rings (SSSR count). The predicted molar refractivity (Wildman–Crippen MR) is 76.8 cm³/mol. The Morgan fingerprint density at radius 2 is 0.581 bits per heavy atom. The van der Waals surface area contributed by atoms with E-state index < -0.39 is 104 Å². The molecule has 0 aromatic heterocycles. The lowest BCUT2D eigenvalue weighted by molar-refractivity contribution is 0.379. The maximum atomic E-state index is 14.4. The molecule has 0 amide bonds. The molecular formula is C18HF13. The summed E-state index contributed by atoms with van der Waals surface area (Å²) in [6.07, 6.45) is 0. The van der Waals surface area contributed by atoms with E-state index in [1.165, 1.54) is 0 Å². The molecule has 0 saturated carbocycles. The van der Waals surface area contributed by atoms with Gasteiger partial charge in [0.2, 0.25) is 11.6 Å². The lowest BCUT2D eigenvalue weighted by Crippen LogP contribution is -2.10. The average molecular weight is 464 g/mol. The first-order chi connectivity index (χ1) is 14.3. The van der Waals surface area contributed by atoms with Crippen LogP contribution >= 0.6 is 0 Å². The van der Waals surface area contributed by atoms with Crippen LogP contribution in [-0.4, -0.2) is 0 Å². The quantitative estimate of drug-likeness (QED) is 0.222. The summed E-state index contributed by atoms with van der Waals surface area (Å²) in [6.45, 7) is 0. The van der Waals surface area contributed by atoms with E-state index in [-0.39, 0.29) is 0 Å². The lowest BCUT2D eigenvalue weighted by Gasteiger charge is -2.17. The van der Waals surface area contributed by atoms with Crippen LogP contribution in [0.4, 0.5) is 57.1 Å². The van der Waals surface area contributed by atoms with Crippen molar-refractivity contribution < 1.29 is 57.1 Å². The fourth-order valence-corrected chi connectivity index (χ4v) is 2.70. The van der Waals surface area contributed by atoms with Crippen molar-refractivity contribution in [1.82, 2.24) is 0 Å². The molecule has 0 aliphatic heterocycles. The summed E-state index contributed by atoms with van der Waals surface area (Å²) in [6, 6.07) is -0.440. The average Bonchev–Trinajstić information content (AvgIpc) is 2.74. The molecule has 0 unspecified atom stereocenters. The standard InChI is InChI=1S/C18HF13/c19-3-1-2(5-9(22)13(26)17(30)14(27)10(5)23)4(8(21)7(3)20)6-11(24)15(28)18(31)16(29)12(6)25/h1H. The minimum atomic E-state index is -2.80. The Bertz CT molecular complexity index is 1200. The van der Waals surface area contributed by atoms with E-state index >= 15 is 0 Å². The summed E-state index contributed by atoms with van der Waals surface area (Å²) in [5.74, 6) is -35.3. The highest BCUT2D eigenvalue weighted by atomic mass is 19.2. The maximum absolute atomic E-state index is 14.4. The summed E-state index contributed by atoms with van der Waals surface area (Å²) >= 11 is 0. The highest BCUT2D eigenvalue weighted by Gasteiger charge is 2.35. The molecular weight excluding hydrogens is 463 g/mol. The molecule has 0 atom stereocenters. The zero-order chi connectivity index (χ0) is 23.5. The third-order valence-electron chi connectivity index (χ3n) is 4.10. The van der Waals surface area contributed by atoms with E-state index in [1.54, 1.807) is 0 Å². The molecule has 31 heavy (non-hydrogen) atoms. The van der Waals surface area contributed by atoms with Gasteiger partial charge in [-0.1, -0.05) is 0 Å². The van der Waals surface area contributed by atoms with Gasteiger partial charge < -0.3 is 0 Å². The Morgan fingerprint density at radius 1 is 0.290 bits per heavy atom. The molecule has 164 valence electrons. The van der Waals surface area contributed by atoms with Gasteiger partial charge in [0.1, 0.15) is 0 Å². The molecule has 0 bridgehead atoms. The highest BCUT2D eigenvalue weighted by Crippen LogP contribution is 2.43. The minimum absolute atomic E-state index is 0.440. The van der Waals surface area contributed by atoms with Gasteiger partial charge in [0.05, 0.1) is 11.1 Å². The van der Waals surface area contributed by atoms with Crippen LogP contribution in [0.5, 0.6) is 0 Å². The van der Waals surface area contributed by atoms with Crippen molar-refractivity contribution in [2.75, 3.05) is 0 Å². The van der Waals surface area contributed by atoms with Crippen molar-refractivity contribution in [2.24, 2.45) is 0 Å². The van der Waals surface area contributed by atoms with E-state index in [4.69, 9.17) is 0 Å². The van der Waals surface area contributed by atoms with Crippen molar-refractivity contribution in [3.8, 4) is 22.3 Å². The molecule has 0 aliphatic rings. The second kappa shape index (κ2) is 7.46. The van der Waals surface area contributed by atoms with E-state index in [9.17, 15) is 57.1 Å². The van der Waals surface area contributed by atoms with Gasteiger partial charge in [-0.2, -0.15) is 0 Å². The predicted octanol–water partition coefficient (Wildman–Crippen LogP) is 6.83. The summed E-state index contributed by atoms with van der Waals surface area (Å²) in [4.78, 5) is 0. The van der Waals surface area contributed by atoms with Crippen LogP contribution in [0.3, 0.4) is 0 Å². The first kappa shape index (κ1) is 22.4. The fraction of sp³-hybridized carbons (Fsp3) is 0. The summed E-state index contributed by atoms with van der Waals surface area (Å²) in [7, 11) is 0. The Balaban J connectivity index is 2.62. The van der Waals surface area contributed by atoms with Crippen molar-refractivity contribution in [1.29, 1.82) is 0 Å². The Labute approximate surface area is 162 Å². The van der Waals surface area contributed by atoms with Gasteiger partial charge in [-0.25, -0.2) is 57.1 Å². The van der Waals surface area contributed by atoms with Crippen molar-refractivity contribution in [3.63, 3.8) is 0 Å². The normalized spacial score (nSPS) is 11.4. The molecule has 0 N–H and O–H groups in total. The zero-order valence-electron chi connectivity index (χ0n) is 14.0. The first-order valence-electron chi connectivity index (χ1n) is 7.53. The van der Waals surface area contributed by atoms with Crippen LogP contribution in [0.15, 0.2) is 6.07 Å². The van der Waals surface area contributed by atoms with Crippen molar-refractivity contribution in [3.05, 3.63) is 81.7 Å². The smallest absolute Gasteiger partial charge is 0.200 e. The SMILES string of the molecule is Fc1cc(-c2c(F)c(F)c(F)c(F)c2F)c(-c2c(F)c(F)c(F)c(F)c2F)c(F)c1F.